The Hall–Kier alpha value is -2.36. The minimum Gasteiger partial charge on any atom is -0.493 e. The molecule has 0 N–H and O–H groups in total. The number of imide groups is 1. The van der Waals surface area contributed by atoms with Crippen molar-refractivity contribution >= 4 is 56.5 Å². The number of benzene rings is 2. The molecule has 2 aromatic rings. The van der Waals surface area contributed by atoms with Crippen molar-refractivity contribution in [1.29, 1.82) is 0 Å². The van der Waals surface area contributed by atoms with Crippen LogP contribution in [-0.2, 0) is 11.3 Å². The molecule has 2 aliphatic heterocycles. The van der Waals surface area contributed by atoms with Crippen molar-refractivity contribution in [1.82, 2.24) is 4.90 Å². The van der Waals surface area contributed by atoms with Crippen LogP contribution < -0.4 is 18.9 Å². The molecule has 1 fully saturated rings. The number of hydrogen-bond donors (Lipinski definition) is 0. The smallest absolute Gasteiger partial charge is 0.293 e. The van der Waals surface area contributed by atoms with Gasteiger partial charge in [0.2, 0.25) is 6.79 Å². The van der Waals surface area contributed by atoms with Gasteiger partial charge in [-0.1, -0.05) is 27.5 Å². The second-order valence-corrected chi connectivity index (χ2v) is 8.55. The fraction of sp³-hybridized carbons (Fsp3) is 0.200. The molecule has 10 heteroatoms. The van der Waals surface area contributed by atoms with E-state index in [-0.39, 0.29) is 18.6 Å². The Kier molecular flexibility index (Phi) is 5.86. The zero-order valence-corrected chi connectivity index (χ0v) is 19.0. The Bertz CT molecular complexity index is 1090. The van der Waals surface area contributed by atoms with Gasteiger partial charge in [0.25, 0.3) is 11.1 Å². The minimum absolute atomic E-state index is 0.0323. The van der Waals surface area contributed by atoms with E-state index >= 15 is 0 Å². The van der Waals surface area contributed by atoms with Gasteiger partial charge in [0.15, 0.2) is 23.0 Å². The summed E-state index contributed by atoms with van der Waals surface area (Å²) < 4.78 is 21.9. The Labute approximate surface area is 190 Å². The molecule has 156 valence electrons. The highest BCUT2D eigenvalue weighted by molar-refractivity contribution is 9.10. The average molecular weight is 513 g/mol. The number of nitrogens with zero attached hydrogens (tertiary/aromatic N) is 1. The molecule has 7 nitrogen and oxygen atoms in total. The highest BCUT2D eigenvalue weighted by Gasteiger charge is 2.36. The minimum atomic E-state index is -0.402. The van der Waals surface area contributed by atoms with Gasteiger partial charge in [0.1, 0.15) is 0 Å². The number of thioether (sulfide) groups is 1. The first-order valence-electron chi connectivity index (χ1n) is 8.66. The van der Waals surface area contributed by atoms with Gasteiger partial charge in [0, 0.05) is 15.6 Å². The van der Waals surface area contributed by atoms with E-state index in [1.54, 1.807) is 30.3 Å². The Morgan fingerprint density at radius 2 is 1.80 bits per heavy atom. The molecule has 2 aliphatic rings. The SMILES string of the molecule is COc1cc(Br)c(/C=C2\SC(=O)N(Cc3cc4c(cc3Cl)OCO4)C2=O)cc1OC. The van der Waals surface area contributed by atoms with Crippen LogP contribution in [0.25, 0.3) is 6.08 Å². The molecule has 0 spiro atoms. The highest BCUT2D eigenvalue weighted by Crippen LogP contribution is 2.40. The molecule has 0 unspecified atom stereocenters. The molecule has 2 aromatic carbocycles. The standard InChI is InChI=1S/C20H15BrClNO6S/c1-26-14-3-10(12(21)6-15(14)27-2)5-18-19(24)23(20(25)30-18)8-11-4-16-17(7-13(11)22)29-9-28-16/h3-7H,8-9H2,1-2H3/b18-5-. The molecule has 30 heavy (non-hydrogen) atoms. The Morgan fingerprint density at radius 1 is 1.13 bits per heavy atom. The van der Waals surface area contributed by atoms with Gasteiger partial charge in [-0.05, 0) is 47.2 Å². The summed E-state index contributed by atoms with van der Waals surface area (Å²) in [5.74, 6) is 1.73. The van der Waals surface area contributed by atoms with Crippen molar-refractivity contribution in [2.75, 3.05) is 21.0 Å². The van der Waals surface area contributed by atoms with E-state index in [4.69, 9.17) is 30.5 Å². The molecule has 0 bridgehead atoms. The van der Waals surface area contributed by atoms with Crippen molar-refractivity contribution in [3.8, 4) is 23.0 Å². The van der Waals surface area contributed by atoms with Gasteiger partial charge in [-0.2, -0.15) is 0 Å². The first-order chi connectivity index (χ1) is 14.4. The number of carbonyl (C=O) groups excluding carboxylic acids is 2. The van der Waals surface area contributed by atoms with Crippen LogP contribution in [0, 0.1) is 0 Å². The molecule has 0 saturated carbocycles. The summed E-state index contributed by atoms with van der Waals surface area (Å²) in [6.45, 7) is 0.143. The summed E-state index contributed by atoms with van der Waals surface area (Å²) in [6, 6.07) is 6.77. The first kappa shape index (κ1) is 20.9. The molecular weight excluding hydrogens is 498 g/mol. The van der Waals surface area contributed by atoms with E-state index < -0.39 is 5.91 Å². The number of ether oxygens (including phenoxy) is 4. The third-order valence-corrected chi connectivity index (χ3v) is 6.48. The van der Waals surface area contributed by atoms with Gasteiger partial charge in [-0.15, -0.1) is 0 Å². The van der Waals surface area contributed by atoms with E-state index in [2.05, 4.69) is 15.9 Å². The second-order valence-electron chi connectivity index (χ2n) is 6.29. The molecule has 0 atom stereocenters. The monoisotopic (exact) mass is 511 g/mol. The highest BCUT2D eigenvalue weighted by atomic mass is 79.9. The Morgan fingerprint density at radius 3 is 2.50 bits per heavy atom. The summed E-state index contributed by atoms with van der Waals surface area (Å²) >= 11 is 10.6. The van der Waals surface area contributed by atoms with Crippen molar-refractivity contribution in [3.63, 3.8) is 0 Å². The quantitative estimate of drug-likeness (QED) is 0.517. The molecule has 0 aromatic heterocycles. The molecule has 2 amide bonds. The van der Waals surface area contributed by atoms with E-state index in [0.29, 0.717) is 48.5 Å². The van der Waals surface area contributed by atoms with Crippen LogP contribution >= 0.6 is 39.3 Å². The number of halogens is 2. The van der Waals surface area contributed by atoms with E-state index in [9.17, 15) is 9.59 Å². The summed E-state index contributed by atoms with van der Waals surface area (Å²) in [5.41, 5.74) is 1.27. The topological polar surface area (TPSA) is 74.3 Å². The summed E-state index contributed by atoms with van der Waals surface area (Å²) in [5, 5.41) is 0.0153. The predicted octanol–water partition coefficient (Wildman–Crippen LogP) is 5.08. The lowest BCUT2D eigenvalue weighted by molar-refractivity contribution is -0.123. The van der Waals surface area contributed by atoms with Gasteiger partial charge in [-0.25, -0.2) is 0 Å². The Balaban J connectivity index is 1.61. The van der Waals surface area contributed by atoms with Crippen molar-refractivity contribution < 1.29 is 28.5 Å². The maximum absolute atomic E-state index is 12.9. The number of methoxy groups -OCH3 is 2. The van der Waals surface area contributed by atoms with E-state index in [1.165, 1.54) is 14.2 Å². The summed E-state index contributed by atoms with van der Waals surface area (Å²) in [4.78, 5) is 26.9. The average Bonchev–Trinajstić information content (AvgIpc) is 3.28. The third kappa shape index (κ3) is 3.84. The molecule has 0 aliphatic carbocycles. The maximum atomic E-state index is 12.9. The van der Waals surface area contributed by atoms with E-state index in [0.717, 1.165) is 16.7 Å². The lowest BCUT2D eigenvalue weighted by atomic mass is 10.1. The van der Waals surface area contributed by atoms with Gasteiger partial charge < -0.3 is 18.9 Å². The van der Waals surface area contributed by atoms with Gasteiger partial charge >= 0.3 is 0 Å². The number of fused-ring (bicyclic) bond motifs is 1. The van der Waals surface area contributed by atoms with Gasteiger partial charge in [0.05, 0.1) is 25.7 Å². The number of amides is 2. The normalized spacial score (nSPS) is 16.5. The van der Waals surface area contributed by atoms with Crippen LogP contribution in [-0.4, -0.2) is 37.1 Å². The third-order valence-electron chi connectivity index (χ3n) is 4.53. The molecule has 1 saturated heterocycles. The maximum Gasteiger partial charge on any atom is 0.293 e. The lowest BCUT2D eigenvalue weighted by Crippen LogP contribution is -2.27. The fourth-order valence-electron chi connectivity index (χ4n) is 3.01. The predicted molar refractivity (Wildman–Crippen MR) is 116 cm³/mol. The fourth-order valence-corrected chi connectivity index (χ4v) is 4.49. The van der Waals surface area contributed by atoms with Gasteiger partial charge in [-0.3, -0.25) is 14.5 Å². The van der Waals surface area contributed by atoms with E-state index in [1.807, 2.05) is 0 Å². The molecule has 2 heterocycles. The van der Waals surface area contributed by atoms with Crippen LogP contribution in [0.5, 0.6) is 23.0 Å². The lowest BCUT2D eigenvalue weighted by Gasteiger charge is -2.14. The van der Waals surface area contributed by atoms with Crippen molar-refractivity contribution in [2.45, 2.75) is 6.54 Å². The molecule has 0 radical (unpaired) electrons. The largest absolute Gasteiger partial charge is 0.493 e. The van der Waals surface area contributed by atoms with Crippen LogP contribution in [0.15, 0.2) is 33.6 Å². The molecule has 4 rings (SSSR count). The number of hydrogen-bond acceptors (Lipinski definition) is 7. The van der Waals surface area contributed by atoms with Crippen molar-refractivity contribution in [2.24, 2.45) is 0 Å². The summed E-state index contributed by atoms with van der Waals surface area (Å²) in [7, 11) is 3.06. The zero-order valence-electron chi connectivity index (χ0n) is 15.9. The van der Waals surface area contributed by atoms with Crippen LogP contribution in [0.1, 0.15) is 11.1 Å². The molecular formula is C20H15BrClNO6S. The van der Waals surface area contributed by atoms with Crippen LogP contribution in [0.3, 0.4) is 0 Å². The number of carbonyl (C=O) groups is 2. The second kappa shape index (κ2) is 8.41. The zero-order chi connectivity index (χ0) is 21.4. The first-order valence-corrected chi connectivity index (χ1v) is 10.6. The number of rotatable bonds is 5. The van der Waals surface area contributed by atoms with Crippen LogP contribution in [0.4, 0.5) is 4.79 Å². The van der Waals surface area contributed by atoms with Crippen molar-refractivity contribution in [3.05, 3.63) is 49.8 Å². The van der Waals surface area contributed by atoms with Crippen LogP contribution in [0.2, 0.25) is 5.02 Å². The summed E-state index contributed by atoms with van der Waals surface area (Å²) in [6.07, 6.45) is 1.64.